The number of likely N-dealkylation sites (N-methyl/N-ethyl adjacent to an activating group) is 1. The molecule has 1 aromatic carbocycles. The molecule has 100 valence electrons. The summed E-state index contributed by atoms with van der Waals surface area (Å²) in [6.07, 6.45) is 0. The van der Waals surface area contributed by atoms with Gasteiger partial charge in [-0.25, -0.2) is 4.79 Å². The Morgan fingerprint density at radius 2 is 2.11 bits per heavy atom. The average molecular weight is 252 g/mol. The molecule has 0 aliphatic rings. The van der Waals surface area contributed by atoms with Crippen molar-refractivity contribution in [1.82, 2.24) is 0 Å². The van der Waals surface area contributed by atoms with Crippen LogP contribution in [0, 0.1) is 0 Å². The summed E-state index contributed by atoms with van der Waals surface area (Å²) in [5.41, 5.74) is 6.84. The predicted molar refractivity (Wildman–Crippen MR) is 71.8 cm³/mol. The summed E-state index contributed by atoms with van der Waals surface area (Å²) in [4.78, 5) is 13.5. The molecule has 0 spiro atoms. The Balaban J connectivity index is 3.34. The Kier molecular flexibility index (Phi) is 4.19. The van der Waals surface area contributed by atoms with Gasteiger partial charge >= 0.3 is 5.97 Å². The van der Waals surface area contributed by atoms with Crippen molar-refractivity contribution in [3.63, 3.8) is 0 Å². The fourth-order valence-corrected chi connectivity index (χ4v) is 1.62. The van der Waals surface area contributed by atoms with Crippen LogP contribution < -0.4 is 10.6 Å². The maximum absolute atomic E-state index is 11.7. The Hall–Kier alpha value is -1.75. The van der Waals surface area contributed by atoms with E-state index in [1.807, 2.05) is 13.8 Å². The van der Waals surface area contributed by atoms with Crippen LogP contribution in [-0.4, -0.2) is 37.4 Å². The molecule has 3 N–H and O–H groups in total. The summed E-state index contributed by atoms with van der Waals surface area (Å²) in [7, 11) is 3.11. The number of ether oxygens (including phenoxy) is 1. The number of para-hydroxylation sites is 1. The minimum absolute atomic E-state index is 0.0571. The summed E-state index contributed by atoms with van der Waals surface area (Å²) in [6, 6.07) is 5.07. The van der Waals surface area contributed by atoms with Crippen LogP contribution in [0.1, 0.15) is 24.2 Å². The maximum Gasteiger partial charge on any atom is 0.340 e. The van der Waals surface area contributed by atoms with Gasteiger partial charge in [-0.1, -0.05) is 6.07 Å². The van der Waals surface area contributed by atoms with Gasteiger partial charge in [0.2, 0.25) is 0 Å². The Morgan fingerprint density at radius 3 is 2.61 bits per heavy atom. The van der Waals surface area contributed by atoms with Crippen LogP contribution >= 0.6 is 0 Å². The van der Waals surface area contributed by atoms with Crippen LogP contribution in [0.3, 0.4) is 0 Å². The van der Waals surface area contributed by atoms with E-state index in [4.69, 9.17) is 10.5 Å². The van der Waals surface area contributed by atoms with Gasteiger partial charge in [0, 0.05) is 7.05 Å². The van der Waals surface area contributed by atoms with Crippen molar-refractivity contribution < 1.29 is 14.6 Å². The van der Waals surface area contributed by atoms with Gasteiger partial charge in [0.25, 0.3) is 0 Å². The van der Waals surface area contributed by atoms with Crippen LogP contribution in [0.4, 0.5) is 11.4 Å². The van der Waals surface area contributed by atoms with Gasteiger partial charge in [-0.2, -0.15) is 0 Å². The first kappa shape index (κ1) is 14.3. The van der Waals surface area contributed by atoms with E-state index in [0.717, 1.165) is 0 Å². The lowest BCUT2D eigenvalue weighted by Crippen LogP contribution is -2.45. The molecule has 0 saturated heterocycles. The van der Waals surface area contributed by atoms with Gasteiger partial charge < -0.3 is 20.5 Å². The fourth-order valence-electron chi connectivity index (χ4n) is 1.62. The molecule has 0 heterocycles. The fraction of sp³-hybridized carbons (Fsp3) is 0.462. The zero-order valence-electron chi connectivity index (χ0n) is 11.2. The van der Waals surface area contributed by atoms with Crippen molar-refractivity contribution in [2.45, 2.75) is 19.4 Å². The number of hydrogen-bond acceptors (Lipinski definition) is 5. The van der Waals surface area contributed by atoms with Gasteiger partial charge in [-0.05, 0) is 26.0 Å². The predicted octanol–water partition coefficient (Wildman–Crippen LogP) is 1.26. The van der Waals surface area contributed by atoms with Crippen molar-refractivity contribution in [2.24, 2.45) is 0 Å². The highest BCUT2D eigenvalue weighted by Gasteiger charge is 2.28. The molecule has 0 aliphatic carbocycles. The standard InChI is InChI=1S/C13H20N2O3/c1-13(2,8-16)15(3)11-9(12(17)18-4)6-5-7-10(11)14/h5-7,16H,8,14H2,1-4H3. The molecule has 0 fully saturated rings. The molecule has 0 bridgehead atoms. The second-order valence-electron chi connectivity index (χ2n) is 4.76. The number of carbonyl (C=O) groups is 1. The molecular weight excluding hydrogens is 232 g/mol. The molecule has 0 radical (unpaired) electrons. The van der Waals surface area contributed by atoms with E-state index in [0.29, 0.717) is 16.9 Å². The summed E-state index contributed by atoms with van der Waals surface area (Å²) >= 11 is 0. The lowest BCUT2D eigenvalue weighted by molar-refractivity contribution is 0.0601. The van der Waals surface area contributed by atoms with Gasteiger partial charge in [0.1, 0.15) is 0 Å². The molecule has 0 saturated carbocycles. The molecule has 1 aromatic rings. The number of esters is 1. The first-order chi connectivity index (χ1) is 8.35. The van der Waals surface area contributed by atoms with E-state index in [9.17, 15) is 9.90 Å². The third kappa shape index (κ3) is 2.56. The lowest BCUT2D eigenvalue weighted by Gasteiger charge is -2.37. The monoisotopic (exact) mass is 252 g/mol. The highest BCUT2D eigenvalue weighted by molar-refractivity contribution is 5.99. The van der Waals surface area contributed by atoms with Gasteiger partial charge in [0.15, 0.2) is 0 Å². The van der Waals surface area contributed by atoms with Crippen molar-refractivity contribution in [3.05, 3.63) is 23.8 Å². The molecule has 0 atom stereocenters. The number of rotatable bonds is 4. The number of benzene rings is 1. The third-order valence-electron chi connectivity index (χ3n) is 3.10. The highest BCUT2D eigenvalue weighted by Crippen LogP contribution is 2.32. The Bertz CT molecular complexity index is 444. The first-order valence-electron chi connectivity index (χ1n) is 5.66. The number of aliphatic hydroxyl groups is 1. The molecule has 18 heavy (non-hydrogen) atoms. The normalized spacial score (nSPS) is 11.2. The van der Waals surface area contributed by atoms with Crippen LogP contribution in [0.15, 0.2) is 18.2 Å². The second-order valence-corrected chi connectivity index (χ2v) is 4.76. The minimum Gasteiger partial charge on any atom is -0.465 e. The number of nitrogens with zero attached hydrogens (tertiary/aromatic N) is 1. The summed E-state index contributed by atoms with van der Waals surface area (Å²) in [6.45, 7) is 3.67. The summed E-state index contributed by atoms with van der Waals surface area (Å²) in [5.74, 6) is -0.446. The molecule has 0 amide bonds. The number of nitrogen functional groups attached to an aromatic ring is 1. The van der Waals surface area contributed by atoms with Crippen LogP contribution in [0.2, 0.25) is 0 Å². The minimum atomic E-state index is -0.530. The lowest BCUT2D eigenvalue weighted by atomic mass is 10.0. The molecule has 5 nitrogen and oxygen atoms in total. The number of aliphatic hydroxyl groups excluding tert-OH is 1. The third-order valence-corrected chi connectivity index (χ3v) is 3.10. The quantitative estimate of drug-likeness (QED) is 0.623. The highest BCUT2D eigenvalue weighted by atomic mass is 16.5. The largest absolute Gasteiger partial charge is 0.465 e. The van der Waals surface area contributed by atoms with E-state index in [1.165, 1.54) is 7.11 Å². The maximum atomic E-state index is 11.7. The zero-order chi connectivity index (χ0) is 13.9. The Morgan fingerprint density at radius 1 is 1.50 bits per heavy atom. The van der Waals surface area contributed by atoms with E-state index < -0.39 is 11.5 Å². The molecule has 0 aromatic heterocycles. The Labute approximate surface area is 107 Å². The number of methoxy groups -OCH3 is 1. The number of nitrogens with two attached hydrogens (primary N) is 1. The summed E-state index contributed by atoms with van der Waals surface area (Å²) in [5, 5.41) is 9.40. The zero-order valence-corrected chi connectivity index (χ0v) is 11.2. The van der Waals surface area contributed by atoms with Crippen molar-refractivity contribution in [3.8, 4) is 0 Å². The van der Waals surface area contributed by atoms with E-state index in [1.54, 1.807) is 30.1 Å². The molecular formula is C13H20N2O3. The molecule has 0 aliphatic heterocycles. The van der Waals surface area contributed by atoms with E-state index >= 15 is 0 Å². The smallest absolute Gasteiger partial charge is 0.340 e. The van der Waals surface area contributed by atoms with Gasteiger partial charge in [0.05, 0.1) is 36.2 Å². The average Bonchev–Trinajstić information content (AvgIpc) is 2.36. The molecule has 1 rings (SSSR count). The van der Waals surface area contributed by atoms with Crippen molar-refractivity contribution in [2.75, 3.05) is 31.4 Å². The summed E-state index contributed by atoms with van der Waals surface area (Å²) < 4.78 is 4.74. The van der Waals surface area contributed by atoms with Crippen LogP contribution in [-0.2, 0) is 4.74 Å². The topological polar surface area (TPSA) is 75.8 Å². The van der Waals surface area contributed by atoms with Crippen molar-refractivity contribution >= 4 is 17.3 Å². The number of hydrogen-bond donors (Lipinski definition) is 2. The molecule has 5 heteroatoms. The van der Waals surface area contributed by atoms with E-state index in [2.05, 4.69) is 0 Å². The van der Waals surface area contributed by atoms with Gasteiger partial charge in [-0.15, -0.1) is 0 Å². The van der Waals surface area contributed by atoms with Gasteiger partial charge in [-0.3, -0.25) is 0 Å². The first-order valence-corrected chi connectivity index (χ1v) is 5.66. The van der Waals surface area contributed by atoms with E-state index in [-0.39, 0.29) is 6.61 Å². The van der Waals surface area contributed by atoms with Crippen LogP contribution in [0.5, 0.6) is 0 Å². The second kappa shape index (κ2) is 5.27. The number of anilines is 2. The molecule has 0 unspecified atom stereocenters. The van der Waals surface area contributed by atoms with Crippen molar-refractivity contribution in [1.29, 1.82) is 0 Å². The van der Waals surface area contributed by atoms with Crippen LogP contribution in [0.25, 0.3) is 0 Å². The number of carbonyl (C=O) groups excluding carboxylic acids is 1. The SMILES string of the molecule is COC(=O)c1cccc(N)c1N(C)C(C)(C)CO.